The summed E-state index contributed by atoms with van der Waals surface area (Å²) in [6.07, 6.45) is -4.80. The van der Waals surface area contributed by atoms with Crippen LogP contribution in [0.2, 0.25) is 0 Å². The lowest BCUT2D eigenvalue weighted by molar-refractivity contribution is -0.385. The van der Waals surface area contributed by atoms with Crippen molar-refractivity contribution in [3.05, 3.63) is 32.3 Å². The van der Waals surface area contributed by atoms with Gasteiger partial charge in [-0.2, -0.15) is 13.2 Å². The minimum Gasteiger partial charge on any atom is -0.506 e. The van der Waals surface area contributed by atoms with E-state index in [1.807, 2.05) is 0 Å². The minimum absolute atomic E-state index is 0. The molecule has 0 aromatic heterocycles. The summed E-state index contributed by atoms with van der Waals surface area (Å²) in [6.45, 7) is 0. The van der Waals surface area contributed by atoms with Gasteiger partial charge in [-0.3, -0.25) is 10.1 Å². The van der Waals surface area contributed by atoms with E-state index in [1.54, 1.807) is 0 Å². The number of nitro benzene ring substituents is 1. The largest absolute Gasteiger partial charge is 0.506 e. The number of hydrogen-bond acceptors (Lipinski definition) is 4. The maximum Gasteiger partial charge on any atom is 0.407 e. The molecule has 0 saturated carbocycles. The highest BCUT2D eigenvalue weighted by molar-refractivity contribution is 9.10. The standard InChI is InChI=1S/C8H6BrF3N2O3.ClH/c9-5-2-3(14(16)17)1-4(6(5)15)7(13)8(10,11)12;/h1-2,7,15H,13H2;1H/t7-;/m1./s1. The Kier molecular flexibility index (Phi) is 5.38. The highest BCUT2D eigenvalue weighted by atomic mass is 79.9. The Bertz CT molecular complexity index is 470. The van der Waals surface area contributed by atoms with E-state index in [0.717, 1.165) is 6.07 Å². The average molecular weight is 352 g/mol. The number of aromatic hydroxyl groups is 1. The molecule has 0 fully saturated rings. The van der Waals surface area contributed by atoms with Crippen LogP contribution in [0.15, 0.2) is 16.6 Å². The molecule has 0 bridgehead atoms. The number of alkyl halides is 3. The molecule has 0 spiro atoms. The van der Waals surface area contributed by atoms with Crippen molar-refractivity contribution in [1.29, 1.82) is 0 Å². The fourth-order valence-electron chi connectivity index (χ4n) is 1.12. The van der Waals surface area contributed by atoms with E-state index in [1.165, 1.54) is 0 Å². The van der Waals surface area contributed by atoms with Crippen LogP contribution in [-0.4, -0.2) is 16.2 Å². The molecule has 18 heavy (non-hydrogen) atoms. The first kappa shape index (κ1) is 16.9. The highest BCUT2D eigenvalue weighted by Crippen LogP contribution is 2.40. The molecule has 0 unspecified atom stereocenters. The van der Waals surface area contributed by atoms with Gasteiger partial charge in [-0.25, -0.2) is 0 Å². The Morgan fingerprint density at radius 2 is 1.94 bits per heavy atom. The third-order valence-corrected chi connectivity index (χ3v) is 2.58. The molecule has 0 radical (unpaired) electrons. The van der Waals surface area contributed by atoms with Crippen molar-refractivity contribution in [3.8, 4) is 5.75 Å². The summed E-state index contributed by atoms with van der Waals surface area (Å²) >= 11 is 2.72. The Balaban J connectivity index is 0.00000289. The van der Waals surface area contributed by atoms with Crippen molar-refractivity contribution in [2.45, 2.75) is 12.2 Å². The molecular weight excluding hydrogens is 344 g/mol. The second-order valence-corrected chi connectivity index (χ2v) is 4.00. The number of benzene rings is 1. The third-order valence-electron chi connectivity index (χ3n) is 1.98. The number of nitrogens with zero attached hydrogens (tertiary/aromatic N) is 1. The molecule has 0 saturated heterocycles. The van der Waals surface area contributed by atoms with Crippen molar-refractivity contribution in [1.82, 2.24) is 0 Å². The van der Waals surface area contributed by atoms with E-state index in [2.05, 4.69) is 15.9 Å². The van der Waals surface area contributed by atoms with Gasteiger partial charge in [-0.05, 0) is 15.9 Å². The summed E-state index contributed by atoms with van der Waals surface area (Å²) in [5.41, 5.74) is 3.54. The van der Waals surface area contributed by atoms with E-state index in [0.29, 0.717) is 6.07 Å². The van der Waals surface area contributed by atoms with Crippen LogP contribution in [0.5, 0.6) is 5.75 Å². The molecule has 0 aliphatic carbocycles. The Morgan fingerprint density at radius 1 is 1.44 bits per heavy atom. The maximum atomic E-state index is 12.4. The average Bonchev–Trinajstić information content (AvgIpc) is 2.19. The first-order valence-corrected chi connectivity index (χ1v) is 4.93. The van der Waals surface area contributed by atoms with Gasteiger partial charge in [0.25, 0.3) is 5.69 Å². The smallest absolute Gasteiger partial charge is 0.407 e. The molecule has 5 nitrogen and oxygen atoms in total. The maximum absolute atomic E-state index is 12.4. The molecule has 1 atom stereocenters. The van der Waals surface area contributed by atoms with Gasteiger partial charge in [0, 0.05) is 17.7 Å². The normalized spacial score (nSPS) is 12.7. The van der Waals surface area contributed by atoms with Crippen molar-refractivity contribution in [3.63, 3.8) is 0 Å². The number of nitrogens with two attached hydrogens (primary N) is 1. The van der Waals surface area contributed by atoms with Crippen LogP contribution in [0.4, 0.5) is 18.9 Å². The number of halogens is 5. The lowest BCUT2D eigenvalue weighted by Gasteiger charge is -2.17. The van der Waals surface area contributed by atoms with Crippen molar-refractivity contribution >= 4 is 34.0 Å². The summed E-state index contributed by atoms with van der Waals surface area (Å²) in [5, 5.41) is 19.9. The Hall–Kier alpha value is -1.06. The van der Waals surface area contributed by atoms with Crippen molar-refractivity contribution in [2.24, 2.45) is 5.73 Å². The fourth-order valence-corrected chi connectivity index (χ4v) is 1.59. The van der Waals surface area contributed by atoms with Crippen LogP contribution in [0.3, 0.4) is 0 Å². The van der Waals surface area contributed by atoms with Gasteiger partial charge >= 0.3 is 6.18 Å². The summed E-state index contributed by atoms with van der Waals surface area (Å²) in [6, 6.07) is -1.00. The molecule has 0 aliphatic heterocycles. The van der Waals surface area contributed by atoms with Crippen LogP contribution >= 0.6 is 28.3 Å². The molecule has 0 heterocycles. The quantitative estimate of drug-likeness (QED) is 0.633. The Morgan fingerprint density at radius 3 is 2.33 bits per heavy atom. The Labute approximate surface area is 113 Å². The van der Waals surface area contributed by atoms with Gasteiger partial charge in [0.05, 0.1) is 9.40 Å². The van der Waals surface area contributed by atoms with Gasteiger partial charge in [0.15, 0.2) is 0 Å². The monoisotopic (exact) mass is 350 g/mol. The summed E-state index contributed by atoms with van der Waals surface area (Å²) in [7, 11) is 0. The van der Waals surface area contributed by atoms with Gasteiger partial charge in [0.1, 0.15) is 11.8 Å². The third kappa shape index (κ3) is 3.47. The predicted molar refractivity (Wildman–Crippen MR) is 62.7 cm³/mol. The summed E-state index contributed by atoms with van der Waals surface area (Å²) in [5.74, 6) is -0.763. The zero-order valence-electron chi connectivity index (χ0n) is 8.44. The number of rotatable bonds is 2. The molecule has 3 N–H and O–H groups in total. The SMILES string of the molecule is Cl.N[C@H](c1cc([N+](=O)[O-])cc(Br)c1O)C(F)(F)F. The molecule has 0 amide bonds. The van der Waals surface area contributed by atoms with E-state index < -0.39 is 34.1 Å². The van der Waals surface area contributed by atoms with Crippen LogP contribution in [-0.2, 0) is 0 Å². The molecule has 10 heteroatoms. The molecule has 1 aromatic carbocycles. The second kappa shape index (κ2) is 5.72. The second-order valence-electron chi connectivity index (χ2n) is 3.14. The number of nitro groups is 1. The van der Waals surface area contributed by atoms with Crippen molar-refractivity contribution < 1.29 is 23.2 Å². The van der Waals surface area contributed by atoms with Gasteiger partial charge in [-0.1, -0.05) is 0 Å². The predicted octanol–water partition coefficient (Wildman–Crippen LogP) is 3.05. The lowest BCUT2D eigenvalue weighted by atomic mass is 10.1. The number of hydrogen-bond donors (Lipinski definition) is 2. The summed E-state index contributed by atoms with van der Waals surface area (Å²) < 4.78 is 36.9. The van der Waals surface area contributed by atoms with Crippen molar-refractivity contribution in [2.75, 3.05) is 0 Å². The van der Waals surface area contributed by atoms with Gasteiger partial charge < -0.3 is 10.8 Å². The summed E-state index contributed by atoms with van der Waals surface area (Å²) in [4.78, 5) is 9.59. The van der Waals surface area contributed by atoms with E-state index in [4.69, 9.17) is 5.73 Å². The van der Waals surface area contributed by atoms with E-state index in [-0.39, 0.29) is 16.9 Å². The molecule has 0 aliphatic rings. The molecule has 1 aromatic rings. The first-order chi connectivity index (χ1) is 7.64. The first-order valence-electron chi connectivity index (χ1n) is 4.13. The number of phenols is 1. The lowest BCUT2D eigenvalue weighted by Crippen LogP contribution is -2.28. The van der Waals surface area contributed by atoms with Crippen LogP contribution < -0.4 is 5.73 Å². The number of phenolic OH excluding ortho intramolecular Hbond substituents is 1. The topological polar surface area (TPSA) is 89.4 Å². The number of non-ortho nitro benzene ring substituents is 1. The minimum atomic E-state index is -4.80. The van der Waals surface area contributed by atoms with E-state index >= 15 is 0 Å². The molecular formula is C8H7BrClF3N2O3. The zero-order chi connectivity index (χ0) is 13.4. The highest BCUT2D eigenvalue weighted by Gasteiger charge is 2.40. The molecule has 102 valence electrons. The van der Waals surface area contributed by atoms with E-state index in [9.17, 15) is 28.4 Å². The van der Waals surface area contributed by atoms with Gasteiger partial charge in [0.2, 0.25) is 0 Å². The van der Waals surface area contributed by atoms with Crippen LogP contribution in [0.25, 0.3) is 0 Å². The fraction of sp³-hybridized carbons (Fsp3) is 0.250. The van der Waals surface area contributed by atoms with Gasteiger partial charge in [-0.15, -0.1) is 12.4 Å². The van der Waals surface area contributed by atoms with Crippen LogP contribution in [0, 0.1) is 10.1 Å². The zero-order valence-corrected chi connectivity index (χ0v) is 10.8. The molecule has 1 rings (SSSR count). The van der Waals surface area contributed by atoms with Crippen LogP contribution in [0.1, 0.15) is 11.6 Å².